The molecule has 1 aliphatic heterocycles. The van der Waals surface area contributed by atoms with Gasteiger partial charge in [0.2, 0.25) is 0 Å². The molecular formula is C15H20N2O3. The van der Waals surface area contributed by atoms with Crippen LogP contribution in [0.4, 0.5) is 4.79 Å². The largest absolute Gasteiger partial charge is 0.481 e. The zero-order valence-corrected chi connectivity index (χ0v) is 11.6. The first-order valence-electron chi connectivity index (χ1n) is 6.90. The molecule has 1 atom stereocenters. The lowest BCUT2D eigenvalue weighted by Gasteiger charge is -2.22. The molecule has 20 heavy (non-hydrogen) atoms. The lowest BCUT2D eigenvalue weighted by molar-refractivity contribution is -0.140. The van der Waals surface area contributed by atoms with Gasteiger partial charge in [-0.15, -0.1) is 0 Å². The van der Waals surface area contributed by atoms with Gasteiger partial charge in [-0.1, -0.05) is 31.2 Å². The number of benzene rings is 1. The molecule has 1 aliphatic rings. The van der Waals surface area contributed by atoms with Gasteiger partial charge in [0.25, 0.3) is 0 Å². The van der Waals surface area contributed by atoms with Crippen LogP contribution in [0.25, 0.3) is 0 Å². The number of fused-ring (bicyclic) bond motifs is 1. The lowest BCUT2D eigenvalue weighted by atomic mass is 10.0. The molecule has 0 bridgehead atoms. The van der Waals surface area contributed by atoms with Gasteiger partial charge >= 0.3 is 12.0 Å². The van der Waals surface area contributed by atoms with Crippen molar-refractivity contribution in [2.45, 2.75) is 26.3 Å². The number of urea groups is 1. The van der Waals surface area contributed by atoms with Crippen molar-refractivity contribution in [2.75, 3.05) is 13.1 Å². The number of rotatable bonds is 3. The topological polar surface area (TPSA) is 69.6 Å². The number of amides is 2. The van der Waals surface area contributed by atoms with Crippen molar-refractivity contribution >= 4 is 12.0 Å². The van der Waals surface area contributed by atoms with Gasteiger partial charge in [-0.2, -0.15) is 0 Å². The van der Waals surface area contributed by atoms with Gasteiger partial charge < -0.3 is 15.3 Å². The number of hydrogen-bond acceptors (Lipinski definition) is 2. The SMILES string of the molecule is CC(CNC(=O)N1CCCc2ccccc2C1)C(=O)O. The second-order valence-electron chi connectivity index (χ2n) is 5.22. The Morgan fingerprint density at radius 3 is 2.75 bits per heavy atom. The average Bonchev–Trinajstić information content (AvgIpc) is 2.66. The Bertz CT molecular complexity index is 502. The van der Waals surface area contributed by atoms with Crippen molar-refractivity contribution in [2.24, 2.45) is 5.92 Å². The summed E-state index contributed by atoms with van der Waals surface area (Å²) in [7, 11) is 0. The molecule has 0 aliphatic carbocycles. The number of carboxylic acid groups (broad SMARTS) is 1. The monoisotopic (exact) mass is 276 g/mol. The van der Waals surface area contributed by atoms with Gasteiger partial charge in [0.15, 0.2) is 0 Å². The van der Waals surface area contributed by atoms with E-state index >= 15 is 0 Å². The van der Waals surface area contributed by atoms with Crippen LogP contribution in [-0.2, 0) is 17.8 Å². The third kappa shape index (κ3) is 3.50. The Kier molecular flexibility index (Phi) is 4.61. The molecule has 0 saturated carbocycles. The summed E-state index contributed by atoms with van der Waals surface area (Å²) in [5, 5.41) is 11.5. The zero-order valence-electron chi connectivity index (χ0n) is 11.6. The molecule has 2 rings (SSSR count). The third-order valence-electron chi connectivity index (χ3n) is 3.62. The average molecular weight is 276 g/mol. The number of carboxylic acids is 1. The molecule has 2 N–H and O–H groups in total. The summed E-state index contributed by atoms with van der Waals surface area (Å²) in [6.45, 7) is 3.03. The summed E-state index contributed by atoms with van der Waals surface area (Å²) >= 11 is 0. The summed E-state index contributed by atoms with van der Waals surface area (Å²) in [6.07, 6.45) is 1.91. The van der Waals surface area contributed by atoms with Crippen molar-refractivity contribution in [3.63, 3.8) is 0 Å². The normalized spacial score (nSPS) is 15.9. The minimum Gasteiger partial charge on any atom is -0.481 e. The van der Waals surface area contributed by atoms with Crippen LogP contribution in [0.3, 0.4) is 0 Å². The second kappa shape index (κ2) is 6.41. The molecule has 0 saturated heterocycles. The number of aliphatic carboxylic acids is 1. The number of nitrogens with zero attached hydrogens (tertiary/aromatic N) is 1. The van der Waals surface area contributed by atoms with Crippen molar-refractivity contribution < 1.29 is 14.7 Å². The molecule has 0 aromatic heterocycles. The highest BCUT2D eigenvalue weighted by atomic mass is 16.4. The molecule has 1 unspecified atom stereocenters. The Balaban J connectivity index is 1.96. The first-order chi connectivity index (χ1) is 9.58. The van der Waals surface area contributed by atoms with Crippen molar-refractivity contribution in [1.82, 2.24) is 10.2 Å². The standard InChI is InChI=1S/C15H20N2O3/c1-11(14(18)19)9-16-15(20)17-8-4-7-12-5-2-3-6-13(12)10-17/h2-3,5-6,11H,4,7-10H2,1H3,(H,16,20)(H,18,19). The molecule has 1 aromatic rings. The van der Waals surface area contributed by atoms with Crippen LogP contribution in [0, 0.1) is 5.92 Å². The molecule has 1 heterocycles. The van der Waals surface area contributed by atoms with Crippen molar-refractivity contribution in [1.29, 1.82) is 0 Å². The molecule has 5 nitrogen and oxygen atoms in total. The van der Waals surface area contributed by atoms with Gasteiger partial charge in [0, 0.05) is 19.6 Å². The minimum atomic E-state index is -0.897. The quantitative estimate of drug-likeness (QED) is 0.885. The van der Waals surface area contributed by atoms with E-state index in [1.165, 1.54) is 11.1 Å². The molecule has 108 valence electrons. The zero-order chi connectivity index (χ0) is 14.5. The molecule has 0 spiro atoms. The van der Waals surface area contributed by atoms with Gasteiger partial charge in [-0.25, -0.2) is 4.79 Å². The van der Waals surface area contributed by atoms with Gasteiger partial charge in [0.05, 0.1) is 5.92 Å². The van der Waals surface area contributed by atoms with Crippen LogP contribution in [0.2, 0.25) is 0 Å². The maximum absolute atomic E-state index is 12.1. The fraction of sp³-hybridized carbons (Fsp3) is 0.467. The first kappa shape index (κ1) is 14.4. The summed E-state index contributed by atoms with van der Waals surface area (Å²) in [5.41, 5.74) is 2.47. The predicted molar refractivity (Wildman–Crippen MR) is 75.4 cm³/mol. The van der Waals surface area contributed by atoms with Crippen LogP contribution in [0.15, 0.2) is 24.3 Å². The summed E-state index contributed by atoms with van der Waals surface area (Å²) < 4.78 is 0. The number of carbonyl (C=O) groups is 2. The molecular weight excluding hydrogens is 256 g/mol. The van der Waals surface area contributed by atoms with E-state index < -0.39 is 11.9 Å². The van der Waals surface area contributed by atoms with Gasteiger partial charge in [0.1, 0.15) is 0 Å². The lowest BCUT2D eigenvalue weighted by Crippen LogP contribution is -2.42. The molecule has 0 fully saturated rings. The maximum atomic E-state index is 12.1. The summed E-state index contributed by atoms with van der Waals surface area (Å²) in [4.78, 5) is 24.6. The number of hydrogen-bond donors (Lipinski definition) is 2. The van der Waals surface area contributed by atoms with E-state index in [9.17, 15) is 9.59 Å². The van der Waals surface area contributed by atoms with E-state index in [0.29, 0.717) is 13.1 Å². The van der Waals surface area contributed by atoms with Crippen molar-refractivity contribution in [3.05, 3.63) is 35.4 Å². The van der Waals surface area contributed by atoms with E-state index in [2.05, 4.69) is 11.4 Å². The van der Waals surface area contributed by atoms with Crippen molar-refractivity contribution in [3.8, 4) is 0 Å². The Labute approximate surface area is 118 Å². The van der Waals surface area contributed by atoms with Crippen LogP contribution < -0.4 is 5.32 Å². The highest BCUT2D eigenvalue weighted by Crippen LogP contribution is 2.18. The van der Waals surface area contributed by atoms with Gasteiger partial charge in [-0.3, -0.25) is 4.79 Å². The fourth-order valence-corrected chi connectivity index (χ4v) is 2.31. The smallest absolute Gasteiger partial charge is 0.317 e. The van der Waals surface area contributed by atoms with E-state index in [1.807, 2.05) is 18.2 Å². The molecule has 2 amide bonds. The molecule has 1 aromatic carbocycles. The predicted octanol–water partition coefficient (Wildman–Crippen LogP) is 1.87. The summed E-state index contributed by atoms with van der Waals surface area (Å²) in [6, 6.07) is 7.95. The van der Waals surface area contributed by atoms with Gasteiger partial charge in [-0.05, 0) is 24.0 Å². The van der Waals surface area contributed by atoms with E-state index in [0.717, 1.165) is 12.8 Å². The number of nitrogens with one attached hydrogen (secondary N) is 1. The van der Waals surface area contributed by atoms with E-state index in [4.69, 9.17) is 5.11 Å². The maximum Gasteiger partial charge on any atom is 0.317 e. The van der Waals surface area contributed by atoms with Crippen LogP contribution in [0.1, 0.15) is 24.5 Å². The number of aryl methyl sites for hydroxylation is 1. The highest BCUT2D eigenvalue weighted by Gasteiger charge is 2.20. The second-order valence-corrected chi connectivity index (χ2v) is 5.22. The van der Waals surface area contributed by atoms with Crippen LogP contribution >= 0.6 is 0 Å². The Morgan fingerprint density at radius 1 is 1.35 bits per heavy atom. The summed E-state index contributed by atoms with van der Waals surface area (Å²) in [5.74, 6) is -1.47. The highest BCUT2D eigenvalue weighted by molar-refractivity contribution is 5.76. The van der Waals surface area contributed by atoms with Crippen LogP contribution in [-0.4, -0.2) is 35.1 Å². The fourth-order valence-electron chi connectivity index (χ4n) is 2.31. The Hall–Kier alpha value is -2.04. The van der Waals surface area contributed by atoms with Crippen LogP contribution in [0.5, 0.6) is 0 Å². The minimum absolute atomic E-state index is 0.159. The molecule has 5 heteroatoms. The first-order valence-corrected chi connectivity index (χ1v) is 6.90. The third-order valence-corrected chi connectivity index (χ3v) is 3.62. The Morgan fingerprint density at radius 2 is 2.05 bits per heavy atom. The number of carbonyl (C=O) groups excluding carboxylic acids is 1. The molecule has 0 radical (unpaired) electrons. The van der Waals surface area contributed by atoms with E-state index in [1.54, 1.807) is 11.8 Å². The van der Waals surface area contributed by atoms with E-state index in [-0.39, 0.29) is 12.6 Å².